The first-order valence-electron chi connectivity index (χ1n) is 8.83. The number of nitrogens with one attached hydrogen (secondary N) is 2. The highest BCUT2D eigenvalue weighted by Gasteiger charge is 2.30. The van der Waals surface area contributed by atoms with Crippen molar-refractivity contribution in [2.45, 2.75) is 19.4 Å². The summed E-state index contributed by atoms with van der Waals surface area (Å²) in [4.78, 5) is 11.6. The van der Waals surface area contributed by atoms with Gasteiger partial charge in [0.05, 0.1) is 13.2 Å². The van der Waals surface area contributed by atoms with Crippen LogP contribution in [-0.4, -0.2) is 37.2 Å². The number of amides is 1. The van der Waals surface area contributed by atoms with Crippen molar-refractivity contribution in [1.82, 2.24) is 10.8 Å². The van der Waals surface area contributed by atoms with Crippen LogP contribution in [-0.2, 0) is 4.79 Å². The Kier molecular flexibility index (Phi) is 8.10. The van der Waals surface area contributed by atoms with Crippen LogP contribution in [0.4, 0.5) is 8.78 Å². The molecule has 0 saturated heterocycles. The van der Waals surface area contributed by atoms with Crippen LogP contribution < -0.4 is 15.5 Å². The highest BCUT2D eigenvalue weighted by atomic mass is 19.3. The summed E-state index contributed by atoms with van der Waals surface area (Å²) in [6, 6.07) is 14.3. The maximum atomic E-state index is 12.9. The van der Waals surface area contributed by atoms with E-state index in [9.17, 15) is 13.6 Å². The van der Waals surface area contributed by atoms with Crippen LogP contribution in [0.5, 0.6) is 5.75 Å². The maximum absolute atomic E-state index is 12.9. The van der Waals surface area contributed by atoms with E-state index in [1.54, 1.807) is 13.2 Å². The number of rotatable bonds is 9. The van der Waals surface area contributed by atoms with Crippen molar-refractivity contribution in [1.29, 1.82) is 0 Å². The number of halogens is 2. The number of para-hydroxylation sites is 1. The Labute approximate surface area is 163 Å². The normalized spacial score (nSPS) is 13.5. The summed E-state index contributed by atoms with van der Waals surface area (Å²) < 4.78 is 31.1. The van der Waals surface area contributed by atoms with Gasteiger partial charge in [-0.3, -0.25) is 10.0 Å². The van der Waals surface area contributed by atoms with Crippen molar-refractivity contribution in [3.63, 3.8) is 0 Å². The molecule has 28 heavy (non-hydrogen) atoms. The second kappa shape index (κ2) is 10.5. The molecule has 0 aromatic heterocycles. The molecule has 2 unspecified atom stereocenters. The predicted octanol–water partition coefficient (Wildman–Crippen LogP) is 3.74. The number of hydrogen-bond donors (Lipinski definition) is 3. The monoisotopic (exact) mass is 390 g/mol. The van der Waals surface area contributed by atoms with Crippen LogP contribution in [0.2, 0.25) is 0 Å². The number of hydroxylamine groups is 1. The van der Waals surface area contributed by atoms with E-state index in [-0.39, 0.29) is 6.54 Å². The van der Waals surface area contributed by atoms with Gasteiger partial charge in [-0.1, -0.05) is 61.5 Å². The first-order valence-corrected chi connectivity index (χ1v) is 8.83. The van der Waals surface area contributed by atoms with E-state index >= 15 is 0 Å². The molecule has 0 bridgehead atoms. The van der Waals surface area contributed by atoms with Gasteiger partial charge in [0.15, 0.2) is 0 Å². The quantitative estimate of drug-likeness (QED) is 0.451. The van der Waals surface area contributed by atoms with Gasteiger partial charge in [0.1, 0.15) is 5.75 Å². The highest BCUT2D eigenvalue weighted by molar-refractivity contribution is 5.81. The summed E-state index contributed by atoms with van der Waals surface area (Å²) in [5.41, 5.74) is 4.34. The van der Waals surface area contributed by atoms with Gasteiger partial charge in [0.25, 0.3) is 5.91 Å². The summed E-state index contributed by atoms with van der Waals surface area (Å²) in [6.45, 7) is 1.45. The molecule has 0 fully saturated rings. The van der Waals surface area contributed by atoms with E-state index in [1.165, 1.54) is 12.4 Å². The summed E-state index contributed by atoms with van der Waals surface area (Å²) in [5, 5.41) is 11.4. The van der Waals surface area contributed by atoms with Gasteiger partial charge >= 0.3 is 0 Å². The third kappa shape index (κ3) is 5.61. The molecule has 5 nitrogen and oxygen atoms in total. The zero-order valence-corrected chi connectivity index (χ0v) is 15.7. The minimum atomic E-state index is -2.68. The number of benzene rings is 2. The molecule has 2 rings (SSSR count). The Balaban J connectivity index is 2.00. The first kappa shape index (κ1) is 21.5. The molecular formula is C21H24F2N2O3. The lowest BCUT2D eigenvalue weighted by molar-refractivity contribution is -0.134. The molecule has 0 radical (unpaired) electrons. The van der Waals surface area contributed by atoms with E-state index in [0.29, 0.717) is 0 Å². The van der Waals surface area contributed by atoms with Gasteiger partial charge in [-0.15, -0.1) is 0 Å². The molecule has 1 amide bonds. The number of carbonyl (C=O) groups is 1. The van der Waals surface area contributed by atoms with Crippen LogP contribution in [0.25, 0.3) is 17.2 Å². The van der Waals surface area contributed by atoms with E-state index in [1.807, 2.05) is 54.6 Å². The third-order valence-corrected chi connectivity index (χ3v) is 4.41. The molecule has 3 N–H and O–H groups in total. The predicted molar refractivity (Wildman–Crippen MR) is 104 cm³/mol. The van der Waals surface area contributed by atoms with Gasteiger partial charge in [-0.2, -0.15) is 0 Å². The van der Waals surface area contributed by atoms with E-state index < -0.39 is 24.3 Å². The molecule has 0 heterocycles. The van der Waals surface area contributed by atoms with Crippen molar-refractivity contribution in [2.75, 3.05) is 13.7 Å². The lowest BCUT2D eigenvalue weighted by Gasteiger charge is -2.21. The van der Waals surface area contributed by atoms with E-state index in [4.69, 9.17) is 9.94 Å². The fraction of sp³-hybridized carbons (Fsp3) is 0.286. The average molecular weight is 390 g/mol. The molecule has 0 aliphatic heterocycles. The smallest absolute Gasteiger partial charge is 0.260 e. The molecule has 150 valence electrons. The molecule has 0 aliphatic rings. The number of carbonyl (C=O) groups excluding carboxylic acids is 1. The summed E-state index contributed by atoms with van der Waals surface area (Å²) >= 11 is 0. The Morgan fingerprint density at radius 2 is 1.86 bits per heavy atom. The zero-order valence-electron chi connectivity index (χ0n) is 15.7. The summed E-state index contributed by atoms with van der Waals surface area (Å²) in [5.74, 6) is -1.33. The Morgan fingerprint density at radius 3 is 2.46 bits per heavy atom. The topological polar surface area (TPSA) is 70.6 Å². The third-order valence-electron chi connectivity index (χ3n) is 4.41. The van der Waals surface area contributed by atoms with Crippen molar-refractivity contribution in [3.8, 4) is 16.9 Å². The zero-order chi connectivity index (χ0) is 20.5. The molecule has 2 atom stereocenters. The second-order valence-electron chi connectivity index (χ2n) is 6.28. The van der Waals surface area contributed by atoms with Gasteiger partial charge in [0.2, 0.25) is 6.43 Å². The largest absolute Gasteiger partial charge is 0.496 e. The SMILES string of the molecule is COc1ccccc1-c1ccc(/C=C/CNC(C(=O)NO)C(C)C(F)F)cc1. The van der Waals surface area contributed by atoms with Crippen LogP contribution in [0, 0.1) is 5.92 Å². The van der Waals surface area contributed by atoms with Crippen molar-refractivity contribution in [3.05, 3.63) is 60.2 Å². The Bertz CT molecular complexity index is 794. The second-order valence-corrected chi connectivity index (χ2v) is 6.28. The minimum Gasteiger partial charge on any atom is -0.496 e. The standard InChI is InChI=1S/C21H24F2N2O3/c1-14(20(22)23)19(21(26)25-27)24-13-5-6-15-9-11-16(12-10-15)17-7-3-4-8-18(17)28-2/h3-12,14,19-20,24,27H,13H2,1-2H3,(H,25,26)/b6-5+. The maximum Gasteiger partial charge on any atom is 0.260 e. The average Bonchev–Trinajstić information content (AvgIpc) is 2.73. The minimum absolute atomic E-state index is 0.198. The van der Waals surface area contributed by atoms with Crippen LogP contribution in [0.15, 0.2) is 54.6 Å². The molecule has 0 spiro atoms. The van der Waals surface area contributed by atoms with E-state index in [0.717, 1.165) is 22.4 Å². The van der Waals surface area contributed by atoms with Crippen molar-refractivity contribution >= 4 is 12.0 Å². The number of methoxy groups -OCH3 is 1. The van der Waals surface area contributed by atoms with Gasteiger partial charge in [0, 0.05) is 18.0 Å². The van der Waals surface area contributed by atoms with Gasteiger partial charge in [-0.05, 0) is 17.2 Å². The van der Waals surface area contributed by atoms with Crippen LogP contribution in [0.3, 0.4) is 0 Å². The number of ether oxygens (including phenoxy) is 1. The first-order chi connectivity index (χ1) is 13.5. The molecule has 2 aromatic carbocycles. The molecular weight excluding hydrogens is 366 g/mol. The molecule has 0 aliphatic carbocycles. The lowest BCUT2D eigenvalue weighted by Crippen LogP contribution is -2.49. The highest BCUT2D eigenvalue weighted by Crippen LogP contribution is 2.29. The number of hydrogen-bond acceptors (Lipinski definition) is 4. The lowest BCUT2D eigenvalue weighted by atomic mass is 10.0. The fourth-order valence-corrected chi connectivity index (χ4v) is 2.78. The summed E-state index contributed by atoms with van der Waals surface area (Å²) in [6.07, 6.45) is 0.870. The Hall–Kier alpha value is -2.77. The summed E-state index contributed by atoms with van der Waals surface area (Å²) in [7, 11) is 1.63. The fourth-order valence-electron chi connectivity index (χ4n) is 2.78. The van der Waals surface area contributed by atoms with Gasteiger partial charge < -0.3 is 10.1 Å². The van der Waals surface area contributed by atoms with Gasteiger partial charge in [-0.25, -0.2) is 14.3 Å². The number of alkyl halides is 2. The van der Waals surface area contributed by atoms with Crippen molar-refractivity contribution < 1.29 is 23.5 Å². The van der Waals surface area contributed by atoms with E-state index in [2.05, 4.69) is 5.32 Å². The van der Waals surface area contributed by atoms with Crippen LogP contribution >= 0.6 is 0 Å². The molecule has 2 aromatic rings. The molecule has 0 saturated carbocycles. The molecule has 7 heteroatoms. The van der Waals surface area contributed by atoms with Crippen LogP contribution in [0.1, 0.15) is 12.5 Å². The van der Waals surface area contributed by atoms with Crippen molar-refractivity contribution in [2.24, 2.45) is 5.92 Å². The Morgan fingerprint density at radius 1 is 1.18 bits per heavy atom.